The summed E-state index contributed by atoms with van der Waals surface area (Å²) >= 11 is 0. The van der Waals surface area contributed by atoms with E-state index in [1.807, 2.05) is 12.1 Å². The molecular formula is C26H31FN4O2. The molecule has 33 heavy (non-hydrogen) atoms. The molecular weight excluding hydrogens is 419 g/mol. The van der Waals surface area contributed by atoms with Gasteiger partial charge in [0.05, 0.1) is 13.7 Å². The zero-order valence-electron chi connectivity index (χ0n) is 19.0. The zero-order chi connectivity index (χ0) is 22.6. The molecule has 3 aromatic rings. The second kappa shape index (κ2) is 9.89. The fourth-order valence-electron chi connectivity index (χ4n) is 5.18. The summed E-state index contributed by atoms with van der Waals surface area (Å²) in [6.45, 7) is 0.705. The summed E-state index contributed by atoms with van der Waals surface area (Å²) in [6.07, 6.45) is 7.39. The number of nitrogens with zero attached hydrogens (tertiary/aromatic N) is 3. The molecule has 2 saturated carbocycles. The Hall–Kier alpha value is -2.96. The summed E-state index contributed by atoms with van der Waals surface area (Å²) in [5, 5.41) is 14.4. The molecule has 1 atom stereocenters. The van der Waals surface area contributed by atoms with E-state index < -0.39 is 0 Å². The fourth-order valence-corrected chi connectivity index (χ4v) is 5.18. The lowest BCUT2D eigenvalue weighted by atomic mass is 9.79. The molecule has 2 aliphatic rings. The first-order valence-electron chi connectivity index (χ1n) is 12.0. The molecule has 0 spiro atoms. The number of rotatable bonds is 9. The van der Waals surface area contributed by atoms with Crippen LogP contribution in [-0.2, 0) is 6.42 Å². The van der Waals surface area contributed by atoms with Gasteiger partial charge in [-0.3, -0.25) is 0 Å². The van der Waals surface area contributed by atoms with E-state index in [0.717, 1.165) is 55.0 Å². The van der Waals surface area contributed by atoms with Crippen molar-refractivity contribution < 1.29 is 13.9 Å². The molecule has 0 bridgehead atoms. The van der Waals surface area contributed by atoms with E-state index in [9.17, 15) is 4.39 Å². The lowest BCUT2D eigenvalue weighted by molar-refractivity contribution is 0.199. The molecule has 1 heterocycles. The van der Waals surface area contributed by atoms with Gasteiger partial charge in [-0.15, -0.1) is 5.10 Å². The first-order valence-corrected chi connectivity index (χ1v) is 12.0. The van der Waals surface area contributed by atoms with E-state index in [0.29, 0.717) is 24.4 Å². The summed E-state index contributed by atoms with van der Waals surface area (Å²) in [5.41, 5.74) is 2.08. The second-order valence-electron chi connectivity index (χ2n) is 9.48. The van der Waals surface area contributed by atoms with Gasteiger partial charge in [-0.05, 0) is 114 Å². The number of nitrogens with one attached hydrogen (secondary N) is 1. The van der Waals surface area contributed by atoms with Crippen LogP contribution < -0.4 is 9.47 Å². The van der Waals surface area contributed by atoms with E-state index in [1.165, 1.54) is 24.5 Å². The minimum absolute atomic E-state index is 0.126. The normalized spacial score (nSPS) is 21.5. The minimum atomic E-state index is -0.126. The number of benzene rings is 2. The Balaban J connectivity index is 1.16. The van der Waals surface area contributed by atoms with Crippen molar-refractivity contribution in [2.45, 2.75) is 56.8 Å². The SMILES string of the molecule is COc1ccc(F)c(C2CCC(COc3cccc([C@@H](Cc4nnn[nH]4)C4CC4)c3)CC2)c1. The highest BCUT2D eigenvalue weighted by Crippen LogP contribution is 2.44. The van der Waals surface area contributed by atoms with Crippen LogP contribution in [0.25, 0.3) is 0 Å². The third-order valence-electron chi connectivity index (χ3n) is 7.26. The van der Waals surface area contributed by atoms with E-state index in [2.05, 4.69) is 38.8 Å². The predicted molar refractivity (Wildman–Crippen MR) is 123 cm³/mol. The van der Waals surface area contributed by atoms with Gasteiger partial charge in [0.25, 0.3) is 0 Å². The highest BCUT2D eigenvalue weighted by atomic mass is 19.1. The van der Waals surface area contributed by atoms with Gasteiger partial charge in [0, 0.05) is 6.42 Å². The van der Waals surface area contributed by atoms with Gasteiger partial charge in [0.2, 0.25) is 0 Å². The van der Waals surface area contributed by atoms with Crippen molar-refractivity contribution in [3.63, 3.8) is 0 Å². The third kappa shape index (κ3) is 5.34. The molecule has 1 N–H and O–H groups in total. The molecule has 0 radical (unpaired) electrons. The number of methoxy groups -OCH3 is 1. The highest BCUT2D eigenvalue weighted by molar-refractivity contribution is 5.33. The average molecular weight is 451 g/mol. The van der Waals surface area contributed by atoms with Crippen LogP contribution in [0.4, 0.5) is 4.39 Å². The van der Waals surface area contributed by atoms with Crippen molar-refractivity contribution in [1.29, 1.82) is 0 Å². The average Bonchev–Trinajstić information content (AvgIpc) is 3.57. The molecule has 0 saturated heterocycles. The Morgan fingerprint density at radius 2 is 1.88 bits per heavy atom. The largest absolute Gasteiger partial charge is 0.497 e. The van der Waals surface area contributed by atoms with Crippen molar-refractivity contribution in [1.82, 2.24) is 20.6 Å². The molecule has 2 aromatic carbocycles. The topological polar surface area (TPSA) is 72.9 Å². The van der Waals surface area contributed by atoms with Gasteiger partial charge in [-0.1, -0.05) is 12.1 Å². The van der Waals surface area contributed by atoms with Crippen molar-refractivity contribution in [3.05, 3.63) is 65.2 Å². The van der Waals surface area contributed by atoms with Crippen LogP contribution in [0.3, 0.4) is 0 Å². The quantitative estimate of drug-likeness (QED) is 0.470. The summed E-state index contributed by atoms with van der Waals surface area (Å²) < 4.78 is 25.9. The van der Waals surface area contributed by atoms with Crippen LogP contribution in [0.5, 0.6) is 11.5 Å². The molecule has 174 valence electrons. The van der Waals surface area contributed by atoms with Gasteiger partial charge in [-0.2, -0.15) is 0 Å². The number of aromatic amines is 1. The highest BCUT2D eigenvalue weighted by Gasteiger charge is 2.33. The molecule has 0 unspecified atom stereocenters. The molecule has 2 aliphatic carbocycles. The molecule has 7 heteroatoms. The Morgan fingerprint density at radius 1 is 1.03 bits per heavy atom. The summed E-state index contributed by atoms with van der Waals surface area (Å²) in [6, 6.07) is 13.6. The summed E-state index contributed by atoms with van der Waals surface area (Å²) in [7, 11) is 1.62. The Morgan fingerprint density at radius 3 is 2.61 bits per heavy atom. The van der Waals surface area contributed by atoms with E-state index >= 15 is 0 Å². The molecule has 0 aliphatic heterocycles. The van der Waals surface area contributed by atoms with Crippen molar-refractivity contribution >= 4 is 0 Å². The Kier molecular flexibility index (Phi) is 6.55. The predicted octanol–water partition coefficient (Wildman–Crippen LogP) is 5.44. The minimum Gasteiger partial charge on any atom is -0.497 e. The first kappa shape index (κ1) is 21.9. The summed E-state index contributed by atoms with van der Waals surface area (Å²) in [4.78, 5) is 0. The Bertz CT molecular complexity index is 1050. The van der Waals surface area contributed by atoms with Crippen LogP contribution in [0, 0.1) is 17.7 Å². The number of hydrogen-bond acceptors (Lipinski definition) is 5. The zero-order valence-corrected chi connectivity index (χ0v) is 19.0. The van der Waals surface area contributed by atoms with Gasteiger partial charge in [-0.25, -0.2) is 9.49 Å². The van der Waals surface area contributed by atoms with Crippen LogP contribution in [-0.4, -0.2) is 34.3 Å². The maximum atomic E-state index is 14.3. The van der Waals surface area contributed by atoms with Gasteiger partial charge < -0.3 is 9.47 Å². The van der Waals surface area contributed by atoms with Crippen molar-refractivity contribution in [2.24, 2.45) is 11.8 Å². The van der Waals surface area contributed by atoms with Crippen LogP contribution in [0.2, 0.25) is 0 Å². The maximum Gasteiger partial charge on any atom is 0.149 e. The van der Waals surface area contributed by atoms with Crippen molar-refractivity contribution in [3.8, 4) is 11.5 Å². The van der Waals surface area contributed by atoms with Gasteiger partial charge in [0.15, 0.2) is 0 Å². The standard InChI is InChI=1S/C26H31FN4O2/c1-32-21-11-12-25(27)24(14-21)19-7-5-17(6-8-19)16-33-22-4-2-3-20(13-22)23(18-9-10-18)15-26-28-30-31-29-26/h2-4,11-14,17-19,23H,5-10,15-16H2,1H3,(H,28,29,30,31)/t17?,19?,23-/m0/s1. The first-order chi connectivity index (χ1) is 16.2. The maximum absolute atomic E-state index is 14.3. The van der Waals surface area contributed by atoms with Crippen LogP contribution in [0.1, 0.15) is 67.3 Å². The van der Waals surface area contributed by atoms with Crippen molar-refractivity contribution in [2.75, 3.05) is 13.7 Å². The van der Waals surface area contributed by atoms with Gasteiger partial charge in [0.1, 0.15) is 23.1 Å². The number of tetrazole rings is 1. The molecule has 1 aromatic heterocycles. The van der Waals surface area contributed by atoms with E-state index in [1.54, 1.807) is 13.2 Å². The summed E-state index contributed by atoms with van der Waals surface area (Å²) in [5.74, 6) is 4.22. The fraction of sp³-hybridized carbons (Fsp3) is 0.500. The number of hydrogen-bond donors (Lipinski definition) is 1. The second-order valence-corrected chi connectivity index (χ2v) is 9.48. The smallest absolute Gasteiger partial charge is 0.149 e. The Labute approximate surface area is 193 Å². The molecule has 2 fully saturated rings. The molecule has 6 nitrogen and oxygen atoms in total. The molecule has 0 amide bonds. The number of H-pyrrole nitrogens is 1. The lowest BCUT2D eigenvalue weighted by Gasteiger charge is -2.29. The monoisotopic (exact) mass is 450 g/mol. The van der Waals surface area contributed by atoms with E-state index in [4.69, 9.17) is 9.47 Å². The lowest BCUT2D eigenvalue weighted by Crippen LogP contribution is -2.20. The number of aromatic nitrogens is 4. The third-order valence-corrected chi connectivity index (χ3v) is 7.26. The van der Waals surface area contributed by atoms with E-state index in [-0.39, 0.29) is 11.7 Å². The number of halogens is 1. The van der Waals surface area contributed by atoms with Gasteiger partial charge >= 0.3 is 0 Å². The number of ether oxygens (including phenoxy) is 2. The van der Waals surface area contributed by atoms with Crippen LogP contribution >= 0.6 is 0 Å². The van der Waals surface area contributed by atoms with Crippen LogP contribution in [0.15, 0.2) is 42.5 Å². The molecule has 5 rings (SSSR count).